The second-order valence-corrected chi connectivity index (χ2v) is 7.54. The zero-order valence-corrected chi connectivity index (χ0v) is 16.5. The van der Waals surface area contributed by atoms with Crippen LogP contribution in [0.4, 0.5) is 18.9 Å². The Morgan fingerprint density at radius 1 is 1.04 bits per heavy atom. The predicted octanol–water partition coefficient (Wildman–Crippen LogP) is 6.23. The van der Waals surface area contributed by atoms with Crippen LogP contribution in [0.2, 0.25) is 10.0 Å². The normalized spacial score (nSPS) is 11.3. The largest absolute Gasteiger partial charge is 0.416 e. The van der Waals surface area contributed by atoms with Crippen molar-refractivity contribution in [2.45, 2.75) is 11.9 Å². The summed E-state index contributed by atoms with van der Waals surface area (Å²) in [7, 11) is 0. The molecule has 0 atom stereocenters. The van der Waals surface area contributed by atoms with E-state index in [1.165, 1.54) is 12.1 Å². The van der Waals surface area contributed by atoms with E-state index in [1.807, 2.05) is 0 Å². The van der Waals surface area contributed by atoms with Crippen molar-refractivity contribution in [3.8, 4) is 0 Å². The molecule has 0 saturated heterocycles. The number of benzene rings is 2. The van der Waals surface area contributed by atoms with Crippen molar-refractivity contribution in [1.29, 1.82) is 0 Å². The van der Waals surface area contributed by atoms with Crippen LogP contribution < -0.4 is 10.6 Å². The summed E-state index contributed by atoms with van der Waals surface area (Å²) < 4.78 is 37.5. The summed E-state index contributed by atoms with van der Waals surface area (Å²) >= 11 is 19.0. The Hall–Kier alpha value is -1.15. The average Bonchev–Trinajstić information content (AvgIpc) is 2.56. The van der Waals surface area contributed by atoms with Crippen LogP contribution in [0, 0.1) is 0 Å². The molecule has 9 heteroatoms. The highest BCUT2D eigenvalue weighted by Crippen LogP contribution is 2.30. The first-order valence-electron chi connectivity index (χ1n) is 7.50. The summed E-state index contributed by atoms with van der Waals surface area (Å²) in [5.74, 6) is 1.44. The highest BCUT2D eigenvalue weighted by Gasteiger charge is 2.29. The van der Waals surface area contributed by atoms with Crippen molar-refractivity contribution >= 4 is 58.0 Å². The molecule has 26 heavy (non-hydrogen) atoms. The molecule has 0 aromatic heterocycles. The Kier molecular flexibility index (Phi) is 7.88. The molecule has 0 fully saturated rings. The van der Waals surface area contributed by atoms with Crippen LogP contribution in [0.25, 0.3) is 0 Å². The molecule has 0 unspecified atom stereocenters. The molecule has 0 aliphatic carbocycles. The number of thioether (sulfide) groups is 1. The molecule has 0 aliphatic heterocycles. The Labute approximate surface area is 169 Å². The summed E-state index contributed by atoms with van der Waals surface area (Å²) in [6.45, 7) is 0.596. The molecule has 0 heterocycles. The van der Waals surface area contributed by atoms with Gasteiger partial charge in [-0.25, -0.2) is 0 Å². The topological polar surface area (TPSA) is 24.1 Å². The predicted molar refractivity (Wildman–Crippen MR) is 108 cm³/mol. The summed E-state index contributed by atoms with van der Waals surface area (Å²) in [5.41, 5.74) is 0.689. The number of hydrogen-bond donors (Lipinski definition) is 2. The monoisotopic (exact) mass is 438 g/mol. The molecule has 140 valence electrons. The van der Waals surface area contributed by atoms with Gasteiger partial charge in [-0.2, -0.15) is 24.9 Å². The third-order valence-corrected chi connectivity index (χ3v) is 5.25. The molecule has 0 spiro atoms. The summed E-state index contributed by atoms with van der Waals surface area (Å²) in [5, 5.41) is 7.47. The molecule has 2 nitrogen and oxygen atoms in total. The van der Waals surface area contributed by atoms with E-state index < -0.39 is 11.7 Å². The third-order valence-electron chi connectivity index (χ3n) is 3.31. The van der Waals surface area contributed by atoms with Crippen molar-refractivity contribution < 1.29 is 13.2 Å². The average molecular weight is 439 g/mol. The second-order valence-electron chi connectivity index (χ2n) is 5.21. The maximum Gasteiger partial charge on any atom is 0.416 e. The Balaban J connectivity index is 1.71. The lowest BCUT2D eigenvalue weighted by Gasteiger charge is -2.12. The lowest BCUT2D eigenvalue weighted by molar-refractivity contribution is -0.137. The van der Waals surface area contributed by atoms with Gasteiger partial charge in [0.25, 0.3) is 0 Å². The minimum absolute atomic E-state index is 0.348. The van der Waals surface area contributed by atoms with Crippen LogP contribution >= 0.6 is 47.2 Å². The van der Waals surface area contributed by atoms with Gasteiger partial charge in [0.1, 0.15) is 0 Å². The van der Waals surface area contributed by atoms with E-state index in [0.717, 1.165) is 23.4 Å². The van der Waals surface area contributed by atoms with Crippen LogP contribution in [-0.4, -0.2) is 17.4 Å². The van der Waals surface area contributed by atoms with E-state index in [-0.39, 0.29) is 0 Å². The second kappa shape index (κ2) is 9.69. The van der Waals surface area contributed by atoms with Gasteiger partial charge in [-0.3, -0.25) is 0 Å². The zero-order valence-electron chi connectivity index (χ0n) is 13.4. The molecule has 2 aromatic rings. The van der Waals surface area contributed by atoms with Crippen LogP contribution in [0.1, 0.15) is 11.1 Å². The van der Waals surface area contributed by atoms with E-state index in [1.54, 1.807) is 30.0 Å². The van der Waals surface area contributed by atoms with Gasteiger partial charge in [-0.05, 0) is 54.2 Å². The lowest BCUT2D eigenvalue weighted by Crippen LogP contribution is -2.30. The van der Waals surface area contributed by atoms with Crippen molar-refractivity contribution in [2.24, 2.45) is 0 Å². The first kappa shape index (κ1) is 21.2. The molecular formula is C17H15Cl2F3N2S2. The lowest BCUT2D eigenvalue weighted by atomic mass is 10.2. The Bertz CT molecular complexity index is 732. The van der Waals surface area contributed by atoms with Crippen molar-refractivity contribution in [1.82, 2.24) is 5.32 Å². The molecule has 0 saturated carbocycles. The minimum atomic E-state index is -4.35. The molecule has 2 N–H and O–H groups in total. The first-order valence-corrected chi connectivity index (χ1v) is 9.82. The Morgan fingerprint density at radius 2 is 1.65 bits per heavy atom. The SMILES string of the molecule is FC(F)(F)c1ccc(NC(=S)NCCSCc2c(Cl)cccc2Cl)cc1. The maximum atomic E-state index is 12.5. The summed E-state index contributed by atoms with van der Waals surface area (Å²) in [6, 6.07) is 10.1. The number of alkyl halides is 3. The van der Waals surface area contributed by atoms with Gasteiger partial charge >= 0.3 is 6.18 Å². The number of nitrogens with one attached hydrogen (secondary N) is 2. The van der Waals surface area contributed by atoms with E-state index in [4.69, 9.17) is 35.4 Å². The third kappa shape index (κ3) is 6.54. The molecule has 0 bridgehead atoms. The fourth-order valence-corrected chi connectivity index (χ4v) is 3.81. The number of thiocarbonyl (C=S) groups is 1. The zero-order chi connectivity index (χ0) is 19.2. The number of hydrogen-bond acceptors (Lipinski definition) is 2. The van der Waals surface area contributed by atoms with Gasteiger partial charge in [0, 0.05) is 33.8 Å². The van der Waals surface area contributed by atoms with Gasteiger partial charge in [0.2, 0.25) is 0 Å². The molecular weight excluding hydrogens is 424 g/mol. The van der Waals surface area contributed by atoms with E-state index >= 15 is 0 Å². The number of anilines is 1. The highest BCUT2D eigenvalue weighted by atomic mass is 35.5. The summed E-state index contributed by atoms with van der Waals surface area (Å²) in [6.07, 6.45) is -4.35. The fraction of sp³-hybridized carbons (Fsp3) is 0.235. The van der Waals surface area contributed by atoms with Crippen LogP contribution in [0.3, 0.4) is 0 Å². The van der Waals surface area contributed by atoms with Gasteiger partial charge in [-0.15, -0.1) is 0 Å². The Morgan fingerprint density at radius 3 is 2.23 bits per heavy atom. The summed E-state index contributed by atoms with van der Waals surface area (Å²) in [4.78, 5) is 0. The number of rotatable bonds is 6. The van der Waals surface area contributed by atoms with Gasteiger partial charge in [0.15, 0.2) is 5.11 Å². The van der Waals surface area contributed by atoms with Crippen LogP contribution in [0.15, 0.2) is 42.5 Å². The maximum absolute atomic E-state index is 12.5. The van der Waals surface area contributed by atoms with E-state index in [2.05, 4.69) is 10.6 Å². The van der Waals surface area contributed by atoms with Crippen molar-refractivity contribution in [2.75, 3.05) is 17.6 Å². The molecule has 0 radical (unpaired) electrons. The smallest absolute Gasteiger partial charge is 0.362 e. The molecule has 0 amide bonds. The van der Waals surface area contributed by atoms with Crippen molar-refractivity contribution in [3.05, 3.63) is 63.6 Å². The molecule has 0 aliphatic rings. The van der Waals surface area contributed by atoms with Crippen molar-refractivity contribution in [3.63, 3.8) is 0 Å². The van der Waals surface area contributed by atoms with Gasteiger partial charge in [-0.1, -0.05) is 29.3 Å². The minimum Gasteiger partial charge on any atom is -0.362 e. The highest BCUT2D eigenvalue weighted by molar-refractivity contribution is 7.98. The van der Waals surface area contributed by atoms with E-state index in [9.17, 15) is 13.2 Å². The first-order chi connectivity index (χ1) is 12.3. The van der Waals surface area contributed by atoms with E-state index in [0.29, 0.717) is 33.1 Å². The van der Waals surface area contributed by atoms with Gasteiger partial charge < -0.3 is 10.6 Å². The number of halogens is 5. The standard InChI is InChI=1S/C17H15Cl2F3N2S2/c18-14-2-1-3-15(19)13(14)10-26-9-8-23-16(25)24-12-6-4-11(5-7-12)17(20,21)22/h1-7H,8-10H2,(H2,23,24,25). The fourth-order valence-electron chi connectivity index (χ4n) is 2.00. The molecule has 2 rings (SSSR count). The van der Waals surface area contributed by atoms with Crippen LogP contribution in [0.5, 0.6) is 0 Å². The molecule has 2 aromatic carbocycles. The quantitative estimate of drug-likeness (QED) is 0.412. The van der Waals surface area contributed by atoms with Crippen LogP contribution in [-0.2, 0) is 11.9 Å². The van der Waals surface area contributed by atoms with Gasteiger partial charge in [0.05, 0.1) is 5.56 Å².